The molecule has 0 aliphatic heterocycles. The van der Waals surface area contributed by atoms with Crippen LogP contribution in [0.2, 0.25) is 0 Å². The molecule has 11 nitrogen and oxygen atoms in total. The molecule has 5 unspecified atom stereocenters. The van der Waals surface area contributed by atoms with E-state index in [2.05, 4.69) is 16.0 Å². The highest BCUT2D eigenvalue weighted by Crippen LogP contribution is 2.11. The zero-order valence-electron chi connectivity index (χ0n) is 18.2. The van der Waals surface area contributed by atoms with Crippen LogP contribution in [0.5, 0.6) is 0 Å². The summed E-state index contributed by atoms with van der Waals surface area (Å²) < 4.78 is 0. The van der Waals surface area contributed by atoms with Crippen molar-refractivity contribution in [2.45, 2.75) is 78.0 Å². The molecule has 172 valence electrons. The predicted molar refractivity (Wildman–Crippen MR) is 110 cm³/mol. The van der Waals surface area contributed by atoms with Gasteiger partial charge in [-0.3, -0.25) is 19.2 Å². The van der Waals surface area contributed by atoms with E-state index >= 15 is 0 Å². The maximum absolute atomic E-state index is 12.8. The predicted octanol–water partition coefficient (Wildman–Crippen LogP) is -1.16. The zero-order chi connectivity index (χ0) is 23.6. The first kappa shape index (κ1) is 27.3. The number of amides is 4. The number of hydrogen-bond donors (Lipinski definition) is 6. The first-order valence-corrected chi connectivity index (χ1v) is 9.97. The van der Waals surface area contributed by atoms with Gasteiger partial charge in [0.15, 0.2) is 0 Å². The fourth-order valence-electron chi connectivity index (χ4n) is 2.62. The third kappa shape index (κ3) is 9.68. The van der Waals surface area contributed by atoms with Crippen LogP contribution in [-0.4, -0.2) is 58.9 Å². The van der Waals surface area contributed by atoms with Gasteiger partial charge in [0.1, 0.15) is 18.1 Å². The molecule has 0 aromatic rings. The minimum Gasteiger partial charge on any atom is -0.480 e. The molecule has 0 fully saturated rings. The summed E-state index contributed by atoms with van der Waals surface area (Å²) in [6, 6.07) is -4.42. The molecule has 0 aliphatic rings. The second kappa shape index (κ2) is 12.8. The number of carboxylic acid groups (broad SMARTS) is 1. The van der Waals surface area contributed by atoms with Crippen LogP contribution in [0.3, 0.4) is 0 Å². The summed E-state index contributed by atoms with van der Waals surface area (Å²) in [7, 11) is 0. The Bertz CT molecular complexity index is 637. The van der Waals surface area contributed by atoms with Crippen molar-refractivity contribution in [1.29, 1.82) is 0 Å². The van der Waals surface area contributed by atoms with Gasteiger partial charge >= 0.3 is 5.97 Å². The van der Waals surface area contributed by atoms with Gasteiger partial charge in [0, 0.05) is 0 Å². The van der Waals surface area contributed by atoms with Crippen molar-refractivity contribution in [3.63, 3.8) is 0 Å². The molecule has 0 aromatic heterocycles. The molecular formula is C19H35N5O6. The molecule has 5 atom stereocenters. The van der Waals surface area contributed by atoms with Crippen LogP contribution in [-0.2, 0) is 24.0 Å². The average Bonchev–Trinajstić information content (AvgIpc) is 2.62. The molecule has 0 aliphatic carbocycles. The third-order valence-electron chi connectivity index (χ3n) is 4.57. The van der Waals surface area contributed by atoms with Gasteiger partial charge < -0.3 is 32.5 Å². The lowest BCUT2D eigenvalue weighted by Gasteiger charge is -2.28. The van der Waals surface area contributed by atoms with E-state index < -0.39 is 60.2 Å². The van der Waals surface area contributed by atoms with E-state index in [1.165, 1.54) is 6.92 Å². The number of nitrogens with two attached hydrogens (primary N) is 2. The van der Waals surface area contributed by atoms with Crippen LogP contribution in [0.15, 0.2) is 0 Å². The average molecular weight is 430 g/mol. The van der Waals surface area contributed by atoms with Crippen molar-refractivity contribution in [1.82, 2.24) is 16.0 Å². The SMILES string of the molecule is CCC(C)C(NC(=O)C(CC(N)=O)NC(=O)C(C)N)C(=O)NC(CC(C)C)C(=O)O. The van der Waals surface area contributed by atoms with Gasteiger partial charge in [-0.05, 0) is 25.2 Å². The highest BCUT2D eigenvalue weighted by molar-refractivity contribution is 5.96. The van der Waals surface area contributed by atoms with E-state index in [1.54, 1.807) is 13.8 Å². The molecule has 0 bridgehead atoms. The number of nitrogens with one attached hydrogen (secondary N) is 3. The Morgan fingerprint density at radius 2 is 1.40 bits per heavy atom. The lowest BCUT2D eigenvalue weighted by Crippen LogP contribution is -2.59. The van der Waals surface area contributed by atoms with Gasteiger partial charge in [0.2, 0.25) is 23.6 Å². The monoisotopic (exact) mass is 429 g/mol. The topological polar surface area (TPSA) is 194 Å². The highest BCUT2D eigenvalue weighted by atomic mass is 16.4. The Kier molecular flexibility index (Phi) is 11.6. The van der Waals surface area contributed by atoms with Gasteiger partial charge in [-0.2, -0.15) is 0 Å². The second-order valence-electron chi connectivity index (χ2n) is 7.92. The maximum atomic E-state index is 12.8. The van der Waals surface area contributed by atoms with E-state index in [9.17, 15) is 29.1 Å². The van der Waals surface area contributed by atoms with Crippen molar-refractivity contribution in [3.8, 4) is 0 Å². The normalized spacial score (nSPS) is 16.0. The fraction of sp³-hybridized carbons (Fsp3) is 0.737. The van der Waals surface area contributed by atoms with Crippen molar-refractivity contribution >= 4 is 29.6 Å². The molecular weight excluding hydrogens is 394 g/mol. The van der Waals surface area contributed by atoms with Crippen LogP contribution in [0.25, 0.3) is 0 Å². The zero-order valence-corrected chi connectivity index (χ0v) is 18.2. The number of rotatable bonds is 13. The third-order valence-corrected chi connectivity index (χ3v) is 4.57. The van der Waals surface area contributed by atoms with Crippen LogP contribution < -0.4 is 27.4 Å². The number of primary amides is 1. The number of carboxylic acids is 1. The van der Waals surface area contributed by atoms with Gasteiger partial charge in [0.25, 0.3) is 0 Å². The van der Waals surface area contributed by atoms with Crippen molar-refractivity contribution in [2.24, 2.45) is 23.3 Å². The maximum Gasteiger partial charge on any atom is 0.326 e. The molecule has 0 radical (unpaired) electrons. The smallest absolute Gasteiger partial charge is 0.326 e. The van der Waals surface area contributed by atoms with Gasteiger partial charge in [-0.15, -0.1) is 0 Å². The molecule has 11 heteroatoms. The Labute approximate surface area is 176 Å². The highest BCUT2D eigenvalue weighted by Gasteiger charge is 2.33. The van der Waals surface area contributed by atoms with E-state index in [4.69, 9.17) is 11.5 Å². The Balaban J connectivity index is 5.51. The molecule has 4 amide bonds. The summed E-state index contributed by atoms with van der Waals surface area (Å²) in [5.74, 6) is -4.45. The van der Waals surface area contributed by atoms with Crippen molar-refractivity contribution in [3.05, 3.63) is 0 Å². The summed E-state index contributed by atoms with van der Waals surface area (Å²) in [6.07, 6.45) is 0.244. The molecule has 0 saturated heterocycles. The van der Waals surface area contributed by atoms with Crippen molar-refractivity contribution in [2.75, 3.05) is 0 Å². The standard InChI is InChI=1S/C19H35N5O6/c1-6-10(4)15(18(28)23-13(19(29)30)7-9(2)3)24-17(27)12(8-14(21)25)22-16(26)11(5)20/h9-13,15H,6-8,20H2,1-5H3,(H2,21,25)(H,22,26)(H,23,28)(H,24,27)(H,29,30). The summed E-state index contributed by atoms with van der Waals surface area (Å²) in [4.78, 5) is 60.1. The Morgan fingerprint density at radius 3 is 1.80 bits per heavy atom. The molecule has 0 aromatic carbocycles. The second-order valence-corrected chi connectivity index (χ2v) is 7.92. The molecule has 8 N–H and O–H groups in total. The molecule has 0 heterocycles. The minimum absolute atomic E-state index is 0.0245. The van der Waals surface area contributed by atoms with E-state index in [1.807, 2.05) is 13.8 Å². The van der Waals surface area contributed by atoms with Gasteiger partial charge in [-0.25, -0.2) is 4.79 Å². The lowest BCUT2D eigenvalue weighted by molar-refractivity contribution is -0.143. The number of carbonyl (C=O) groups excluding carboxylic acids is 4. The number of hydrogen-bond acceptors (Lipinski definition) is 6. The quantitative estimate of drug-likeness (QED) is 0.212. The Morgan fingerprint density at radius 1 is 0.867 bits per heavy atom. The number of aliphatic carboxylic acids is 1. The van der Waals surface area contributed by atoms with Crippen LogP contribution >= 0.6 is 0 Å². The van der Waals surface area contributed by atoms with E-state index in [0.717, 1.165) is 0 Å². The summed E-state index contributed by atoms with van der Waals surface area (Å²) in [5.41, 5.74) is 10.6. The van der Waals surface area contributed by atoms with Crippen LogP contribution in [0.4, 0.5) is 0 Å². The van der Waals surface area contributed by atoms with Gasteiger partial charge in [0.05, 0.1) is 12.5 Å². The lowest BCUT2D eigenvalue weighted by atomic mass is 9.96. The van der Waals surface area contributed by atoms with Crippen LogP contribution in [0, 0.1) is 11.8 Å². The fourth-order valence-corrected chi connectivity index (χ4v) is 2.62. The molecule has 30 heavy (non-hydrogen) atoms. The van der Waals surface area contributed by atoms with Crippen LogP contribution in [0.1, 0.15) is 53.9 Å². The van der Waals surface area contributed by atoms with E-state index in [-0.39, 0.29) is 18.3 Å². The summed E-state index contributed by atoms with van der Waals surface area (Å²) >= 11 is 0. The first-order valence-electron chi connectivity index (χ1n) is 9.97. The molecule has 0 saturated carbocycles. The minimum atomic E-state index is -1.31. The molecule has 0 rings (SSSR count). The Hall–Kier alpha value is -2.69. The van der Waals surface area contributed by atoms with Crippen molar-refractivity contribution < 1.29 is 29.1 Å². The first-order chi connectivity index (χ1) is 13.8. The summed E-state index contributed by atoms with van der Waals surface area (Å²) in [5, 5.41) is 16.7. The summed E-state index contributed by atoms with van der Waals surface area (Å²) in [6.45, 7) is 8.58. The number of carbonyl (C=O) groups is 5. The van der Waals surface area contributed by atoms with Gasteiger partial charge in [-0.1, -0.05) is 34.1 Å². The van der Waals surface area contributed by atoms with E-state index in [0.29, 0.717) is 6.42 Å². The molecule has 0 spiro atoms. The largest absolute Gasteiger partial charge is 0.480 e.